The molecule has 0 saturated carbocycles. The Hall–Kier alpha value is -4.25. The van der Waals surface area contributed by atoms with Crippen LogP contribution in [0, 0.1) is 17.1 Å². The highest BCUT2D eigenvalue weighted by Crippen LogP contribution is 2.43. The highest BCUT2D eigenvalue weighted by atomic mass is 19.1. The normalized spacial score (nSPS) is 15.5. The third-order valence-corrected chi connectivity index (χ3v) is 5.64. The van der Waals surface area contributed by atoms with Gasteiger partial charge >= 0.3 is 0 Å². The summed E-state index contributed by atoms with van der Waals surface area (Å²) in [6.07, 6.45) is 4.43. The Morgan fingerprint density at radius 1 is 1.19 bits per heavy atom. The van der Waals surface area contributed by atoms with Crippen molar-refractivity contribution in [3.8, 4) is 23.3 Å². The maximum atomic E-state index is 13.7. The Bertz CT molecular complexity index is 1380. The first-order valence-electron chi connectivity index (χ1n) is 9.65. The van der Waals surface area contributed by atoms with Crippen molar-refractivity contribution in [3.05, 3.63) is 99.9 Å². The van der Waals surface area contributed by atoms with E-state index in [-0.39, 0.29) is 11.5 Å². The van der Waals surface area contributed by atoms with Crippen LogP contribution in [-0.4, -0.2) is 24.4 Å². The maximum absolute atomic E-state index is 13.7. The number of imidazole rings is 1. The van der Waals surface area contributed by atoms with Gasteiger partial charge in [0.2, 0.25) is 5.43 Å². The van der Waals surface area contributed by atoms with Crippen molar-refractivity contribution in [1.82, 2.24) is 19.3 Å². The number of aromatic nitrogens is 4. The first-order chi connectivity index (χ1) is 15.1. The van der Waals surface area contributed by atoms with Crippen LogP contribution in [0.4, 0.5) is 4.39 Å². The highest BCUT2D eigenvalue weighted by Gasteiger charge is 2.36. The number of hydrogen-bond donors (Lipinski definition) is 1. The zero-order valence-electron chi connectivity index (χ0n) is 16.2. The standard InChI is InChI=1S/C23H16FN5O2/c24-16-7-5-14(6-8-16)20(17-4-2-1-3-15(17)11-25)18-13-28-10-9-26-23(28)21-22(31)19(30)12-27-29(18)21/h1-10,12,18,20,31H,13H2/t18-,20+/m1/s1. The Balaban J connectivity index is 1.79. The summed E-state index contributed by atoms with van der Waals surface area (Å²) in [5.74, 6) is -0.763. The number of fused-ring (bicyclic) bond motifs is 3. The van der Waals surface area contributed by atoms with Gasteiger partial charge in [-0.2, -0.15) is 10.4 Å². The number of hydrogen-bond acceptors (Lipinski definition) is 5. The molecule has 152 valence electrons. The first kappa shape index (κ1) is 18.8. The van der Waals surface area contributed by atoms with Crippen LogP contribution in [0.2, 0.25) is 0 Å². The molecule has 0 radical (unpaired) electrons. The number of benzene rings is 2. The highest BCUT2D eigenvalue weighted by molar-refractivity contribution is 5.60. The predicted octanol–water partition coefficient (Wildman–Crippen LogP) is 3.21. The predicted molar refractivity (Wildman–Crippen MR) is 110 cm³/mol. The van der Waals surface area contributed by atoms with Crippen molar-refractivity contribution in [1.29, 1.82) is 5.26 Å². The van der Waals surface area contributed by atoms with Gasteiger partial charge in [-0.25, -0.2) is 9.37 Å². The van der Waals surface area contributed by atoms with Crippen LogP contribution < -0.4 is 5.43 Å². The van der Waals surface area contributed by atoms with Gasteiger partial charge in [-0.3, -0.25) is 9.48 Å². The summed E-state index contributed by atoms with van der Waals surface area (Å²) < 4.78 is 17.1. The van der Waals surface area contributed by atoms with Crippen molar-refractivity contribution < 1.29 is 9.50 Å². The van der Waals surface area contributed by atoms with E-state index in [1.165, 1.54) is 12.1 Å². The summed E-state index contributed by atoms with van der Waals surface area (Å²) in [4.78, 5) is 16.4. The van der Waals surface area contributed by atoms with Crippen LogP contribution in [0.15, 0.2) is 71.9 Å². The minimum absolute atomic E-state index is 0.218. The zero-order valence-corrected chi connectivity index (χ0v) is 16.2. The van der Waals surface area contributed by atoms with Gasteiger partial charge < -0.3 is 9.67 Å². The topological polar surface area (TPSA) is 96.7 Å². The Morgan fingerprint density at radius 2 is 1.97 bits per heavy atom. The van der Waals surface area contributed by atoms with Gasteiger partial charge in [-0.15, -0.1) is 0 Å². The van der Waals surface area contributed by atoms with E-state index in [1.54, 1.807) is 41.3 Å². The van der Waals surface area contributed by atoms with E-state index >= 15 is 0 Å². The molecule has 0 saturated heterocycles. The molecule has 7 nitrogen and oxygen atoms in total. The van der Waals surface area contributed by atoms with E-state index in [0.29, 0.717) is 17.9 Å². The largest absolute Gasteiger partial charge is 0.503 e. The van der Waals surface area contributed by atoms with E-state index in [4.69, 9.17) is 0 Å². The fourth-order valence-electron chi connectivity index (χ4n) is 4.27. The molecule has 8 heteroatoms. The van der Waals surface area contributed by atoms with Gasteiger partial charge in [0.25, 0.3) is 0 Å². The summed E-state index contributed by atoms with van der Waals surface area (Å²) in [6.45, 7) is 0.430. The van der Waals surface area contributed by atoms with E-state index in [2.05, 4.69) is 16.2 Å². The van der Waals surface area contributed by atoms with Gasteiger partial charge in [0, 0.05) is 24.9 Å². The Kier molecular flexibility index (Phi) is 4.37. The lowest BCUT2D eigenvalue weighted by atomic mass is 9.82. The lowest BCUT2D eigenvalue weighted by molar-refractivity contribution is 0.331. The number of rotatable bonds is 3. The summed E-state index contributed by atoms with van der Waals surface area (Å²) in [5, 5.41) is 24.6. The molecule has 0 bridgehead atoms. The summed E-state index contributed by atoms with van der Waals surface area (Å²) in [7, 11) is 0. The number of halogens is 1. The van der Waals surface area contributed by atoms with Crippen LogP contribution in [-0.2, 0) is 6.54 Å². The lowest BCUT2D eigenvalue weighted by Crippen LogP contribution is -2.32. The molecule has 0 fully saturated rings. The van der Waals surface area contributed by atoms with Crippen molar-refractivity contribution in [3.63, 3.8) is 0 Å². The van der Waals surface area contributed by atoms with Crippen LogP contribution in [0.3, 0.4) is 0 Å². The third kappa shape index (κ3) is 2.99. The van der Waals surface area contributed by atoms with Crippen LogP contribution in [0.5, 0.6) is 5.75 Å². The molecule has 1 aliphatic heterocycles. The van der Waals surface area contributed by atoms with Gasteiger partial charge in [-0.1, -0.05) is 30.3 Å². The zero-order chi connectivity index (χ0) is 21.5. The fraction of sp³-hybridized carbons (Fsp3) is 0.130. The van der Waals surface area contributed by atoms with Gasteiger partial charge in [0.1, 0.15) is 11.5 Å². The monoisotopic (exact) mass is 413 g/mol. The molecule has 5 rings (SSSR count). The summed E-state index contributed by atoms with van der Waals surface area (Å²) >= 11 is 0. The van der Waals surface area contributed by atoms with Crippen LogP contribution >= 0.6 is 0 Å². The SMILES string of the molecule is N#Cc1ccccc1[C@H](c1ccc(F)cc1)[C@H]1Cn2ccnc2-c2c(O)c(=O)cnn21. The number of aromatic hydroxyl groups is 1. The molecule has 4 aromatic rings. The molecule has 31 heavy (non-hydrogen) atoms. The molecule has 3 heterocycles. The number of nitriles is 1. The number of nitrogens with zero attached hydrogens (tertiary/aromatic N) is 5. The first-order valence-corrected chi connectivity index (χ1v) is 9.65. The van der Waals surface area contributed by atoms with E-state index in [1.807, 2.05) is 16.7 Å². The average molecular weight is 413 g/mol. The van der Waals surface area contributed by atoms with Gasteiger partial charge in [-0.05, 0) is 29.3 Å². The molecule has 2 atom stereocenters. The quantitative estimate of drug-likeness (QED) is 0.556. The van der Waals surface area contributed by atoms with Gasteiger partial charge in [0.15, 0.2) is 11.6 Å². The van der Waals surface area contributed by atoms with Crippen molar-refractivity contribution in [2.24, 2.45) is 0 Å². The smallest absolute Gasteiger partial charge is 0.242 e. The molecule has 2 aromatic heterocycles. The Labute approximate surface area is 176 Å². The Morgan fingerprint density at radius 3 is 2.74 bits per heavy atom. The lowest BCUT2D eigenvalue weighted by Gasteiger charge is -2.35. The second kappa shape index (κ2) is 7.22. The minimum atomic E-state index is -0.600. The molecule has 1 N–H and O–H groups in total. The molecule has 1 aliphatic rings. The maximum Gasteiger partial charge on any atom is 0.242 e. The van der Waals surface area contributed by atoms with Gasteiger partial charge in [0.05, 0.1) is 23.9 Å². The molecular formula is C23H16FN5O2. The second-order valence-electron chi connectivity index (χ2n) is 7.35. The van der Waals surface area contributed by atoms with Crippen LogP contribution in [0.1, 0.15) is 28.7 Å². The van der Waals surface area contributed by atoms with E-state index < -0.39 is 23.1 Å². The van der Waals surface area contributed by atoms with Crippen LogP contribution in [0.25, 0.3) is 11.5 Å². The molecule has 0 unspecified atom stereocenters. The van der Waals surface area contributed by atoms with E-state index in [9.17, 15) is 19.6 Å². The molecule has 2 aromatic carbocycles. The molecule has 0 spiro atoms. The second-order valence-corrected chi connectivity index (χ2v) is 7.35. The molecule has 0 aliphatic carbocycles. The molecular weight excluding hydrogens is 397 g/mol. The summed E-state index contributed by atoms with van der Waals surface area (Å²) in [5.41, 5.74) is 1.63. The van der Waals surface area contributed by atoms with Crippen molar-refractivity contribution in [2.75, 3.05) is 0 Å². The van der Waals surface area contributed by atoms with Crippen molar-refractivity contribution >= 4 is 0 Å². The summed E-state index contributed by atoms with van der Waals surface area (Å²) in [6, 6.07) is 15.1. The fourth-order valence-corrected chi connectivity index (χ4v) is 4.27. The average Bonchev–Trinajstić information content (AvgIpc) is 3.26. The molecule has 0 amide bonds. The van der Waals surface area contributed by atoms with Crippen molar-refractivity contribution in [2.45, 2.75) is 18.5 Å². The van der Waals surface area contributed by atoms with E-state index in [0.717, 1.165) is 17.3 Å². The third-order valence-electron chi connectivity index (χ3n) is 5.64. The minimum Gasteiger partial charge on any atom is -0.503 e.